The number of hydrogen-bond donors (Lipinski definition) is 1. The van der Waals surface area contributed by atoms with Crippen molar-refractivity contribution in [2.75, 3.05) is 19.8 Å². The van der Waals surface area contributed by atoms with E-state index in [2.05, 4.69) is 20.3 Å². The topological polar surface area (TPSA) is 97.1 Å². The number of aromatic nitrogens is 4. The number of nitrogens with one attached hydrogen (secondary N) is 1. The summed E-state index contributed by atoms with van der Waals surface area (Å²) in [6.45, 7) is 3.29. The van der Waals surface area contributed by atoms with E-state index < -0.39 is 0 Å². The first-order valence-corrected chi connectivity index (χ1v) is 8.00. The third kappa shape index (κ3) is 3.03. The molecule has 8 nitrogen and oxygen atoms in total. The van der Waals surface area contributed by atoms with Gasteiger partial charge in [-0.2, -0.15) is 10.1 Å². The fourth-order valence-corrected chi connectivity index (χ4v) is 2.84. The Morgan fingerprint density at radius 2 is 2.16 bits per heavy atom. The highest BCUT2D eigenvalue weighted by atomic mass is 16.5. The summed E-state index contributed by atoms with van der Waals surface area (Å²) < 4.78 is 10.3. The van der Waals surface area contributed by atoms with Gasteiger partial charge in [0.2, 0.25) is 6.39 Å². The Morgan fingerprint density at radius 3 is 2.92 bits per heavy atom. The van der Waals surface area contributed by atoms with Crippen LogP contribution < -0.4 is 0 Å². The molecule has 0 aliphatic carbocycles. The predicted molar refractivity (Wildman–Crippen MR) is 87.7 cm³/mol. The molecule has 1 aliphatic rings. The first-order valence-electron chi connectivity index (χ1n) is 8.00. The van der Waals surface area contributed by atoms with E-state index >= 15 is 0 Å². The van der Waals surface area contributed by atoms with Crippen LogP contribution in [-0.4, -0.2) is 50.9 Å². The molecule has 2 aromatic heterocycles. The number of nitrogens with zero attached hydrogens (tertiary/aromatic N) is 4. The molecule has 25 heavy (non-hydrogen) atoms. The summed E-state index contributed by atoms with van der Waals surface area (Å²) in [4.78, 5) is 18.6. The van der Waals surface area contributed by atoms with Gasteiger partial charge in [-0.15, -0.1) is 0 Å². The molecule has 1 aliphatic heterocycles. The Balaban J connectivity index is 1.58. The van der Waals surface area contributed by atoms with Crippen LogP contribution in [0.4, 0.5) is 0 Å². The maximum absolute atomic E-state index is 12.9. The Morgan fingerprint density at radius 1 is 1.32 bits per heavy atom. The lowest BCUT2D eigenvalue weighted by Gasteiger charge is -2.33. The quantitative estimate of drug-likeness (QED) is 0.784. The molecule has 1 fully saturated rings. The zero-order valence-corrected chi connectivity index (χ0v) is 13.7. The SMILES string of the molecule is Cc1ccc(-c2cc(C(=O)N3CCOC[C@@H]3c3ncon3)[nH]n2)cc1. The molecule has 1 saturated heterocycles. The highest BCUT2D eigenvalue weighted by Crippen LogP contribution is 2.24. The van der Waals surface area contributed by atoms with E-state index in [0.717, 1.165) is 11.3 Å². The summed E-state index contributed by atoms with van der Waals surface area (Å²) in [5, 5.41) is 10.9. The first-order chi connectivity index (χ1) is 12.2. The first kappa shape index (κ1) is 15.5. The minimum absolute atomic E-state index is 0.163. The third-order valence-electron chi connectivity index (χ3n) is 4.22. The van der Waals surface area contributed by atoms with Crippen molar-refractivity contribution in [2.45, 2.75) is 13.0 Å². The predicted octanol–water partition coefficient (Wildman–Crippen LogP) is 1.98. The van der Waals surface area contributed by atoms with Gasteiger partial charge < -0.3 is 14.2 Å². The summed E-state index contributed by atoms with van der Waals surface area (Å²) in [5.74, 6) is 0.273. The molecule has 0 radical (unpaired) electrons. The Kier molecular flexibility index (Phi) is 4.02. The molecule has 1 aromatic carbocycles. The van der Waals surface area contributed by atoms with Crippen LogP contribution in [0.3, 0.4) is 0 Å². The van der Waals surface area contributed by atoms with E-state index in [1.165, 1.54) is 12.0 Å². The highest BCUT2D eigenvalue weighted by Gasteiger charge is 2.33. The van der Waals surface area contributed by atoms with Gasteiger partial charge in [0, 0.05) is 12.1 Å². The number of ether oxygens (including phenoxy) is 1. The van der Waals surface area contributed by atoms with Crippen molar-refractivity contribution in [1.82, 2.24) is 25.2 Å². The molecular weight excluding hydrogens is 322 g/mol. The van der Waals surface area contributed by atoms with Crippen LogP contribution in [0.15, 0.2) is 41.2 Å². The summed E-state index contributed by atoms with van der Waals surface area (Å²) in [6, 6.07) is 9.38. The van der Waals surface area contributed by atoms with Crippen molar-refractivity contribution in [2.24, 2.45) is 0 Å². The second-order valence-electron chi connectivity index (χ2n) is 5.91. The number of amides is 1. The molecule has 3 heterocycles. The van der Waals surface area contributed by atoms with E-state index in [1.807, 2.05) is 31.2 Å². The van der Waals surface area contributed by atoms with Gasteiger partial charge in [0.05, 0.1) is 18.9 Å². The lowest BCUT2D eigenvalue weighted by Crippen LogP contribution is -2.44. The molecule has 8 heteroatoms. The van der Waals surface area contributed by atoms with Crippen LogP contribution in [0.5, 0.6) is 0 Å². The third-order valence-corrected chi connectivity index (χ3v) is 4.22. The summed E-state index contributed by atoms with van der Waals surface area (Å²) in [5.41, 5.74) is 3.28. The van der Waals surface area contributed by atoms with Gasteiger partial charge in [-0.25, -0.2) is 0 Å². The van der Waals surface area contributed by atoms with Gasteiger partial charge in [0.15, 0.2) is 5.82 Å². The van der Waals surface area contributed by atoms with Crippen LogP contribution in [0, 0.1) is 6.92 Å². The standard InChI is InChI=1S/C17H17N5O3/c1-11-2-4-12(5-3-11)13-8-14(20-19-13)17(23)22-6-7-24-9-15(22)16-18-10-25-21-16/h2-5,8,10,15H,6-7,9H2,1H3,(H,19,20)/t15-/m1/s1. The zero-order valence-electron chi connectivity index (χ0n) is 13.7. The lowest BCUT2D eigenvalue weighted by atomic mass is 10.1. The number of carbonyl (C=O) groups excluding carboxylic acids is 1. The van der Waals surface area contributed by atoms with Gasteiger partial charge >= 0.3 is 0 Å². The lowest BCUT2D eigenvalue weighted by molar-refractivity contribution is -0.00607. The molecular formula is C17H17N5O3. The molecule has 1 atom stereocenters. The normalized spacial score (nSPS) is 17.6. The Labute approximate surface area is 143 Å². The maximum atomic E-state index is 12.9. The van der Waals surface area contributed by atoms with Crippen molar-refractivity contribution < 1.29 is 14.1 Å². The number of benzene rings is 1. The smallest absolute Gasteiger partial charge is 0.272 e. The molecule has 0 bridgehead atoms. The maximum Gasteiger partial charge on any atom is 0.272 e. The minimum atomic E-state index is -0.369. The molecule has 128 valence electrons. The summed E-state index contributed by atoms with van der Waals surface area (Å²) in [6.07, 6.45) is 1.25. The molecule has 3 aromatic rings. The van der Waals surface area contributed by atoms with Crippen LogP contribution in [0.25, 0.3) is 11.3 Å². The number of aryl methyl sites for hydroxylation is 1. The van der Waals surface area contributed by atoms with Gasteiger partial charge in [0.25, 0.3) is 5.91 Å². The Bertz CT molecular complexity index is 857. The van der Waals surface area contributed by atoms with Crippen molar-refractivity contribution in [1.29, 1.82) is 0 Å². The van der Waals surface area contributed by atoms with E-state index in [-0.39, 0.29) is 11.9 Å². The fraction of sp³-hybridized carbons (Fsp3) is 0.294. The van der Waals surface area contributed by atoms with Crippen molar-refractivity contribution in [3.8, 4) is 11.3 Å². The number of hydrogen-bond acceptors (Lipinski definition) is 6. The Hall–Kier alpha value is -3.00. The summed E-state index contributed by atoms with van der Waals surface area (Å²) >= 11 is 0. The van der Waals surface area contributed by atoms with Gasteiger partial charge in [0.1, 0.15) is 11.7 Å². The van der Waals surface area contributed by atoms with Gasteiger partial charge in [-0.1, -0.05) is 35.0 Å². The van der Waals surface area contributed by atoms with Crippen LogP contribution in [0.2, 0.25) is 0 Å². The second-order valence-corrected chi connectivity index (χ2v) is 5.91. The van der Waals surface area contributed by atoms with E-state index in [4.69, 9.17) is 9.26 Å². The average Bonchev–Trinajstić information content (AvgIpc) is 3.34. The monoisotopic (exact) mass is 339 g/mol. The number of rotatable bonds is 3. The zero-order chi connectivity index (χ0) is 17.2. The van der Waals surface area contributed by atoms with Crippen molar-refractivity contribution in [3.05, 3.63) is 53.8 Å². The fourth-order valence-electron chi connectivity index (χ4n) is 2.84. The van der Waals surface area contributed by atoms with Crippen molar-refractivity contribution >= 4 is 5.91 Å². The number of H-pyrrole nitrogens is 1. The van der Waals surface area contributed by atoms with Gasteiger partial charge in [-0.05, 0) is 13.0 Å². The van der Waals surface area contributed by atoms with Crippen LogP contribution >= 0.6 is 0 Å². The molecule has 1 N–H and O–H groups in total. The van der Waals surface area contributed by atoms with E-state index in [0.29, 0.717) is 31.3 Å². The summed E-state index contributed by atoms with van der Waals surface area (Å²) in [7, 11) is 0. The molecule has 0 saturated carbocycles. The second kappa shape index (κ2) is 6.48. The van der Waals surface area contributed by atoms with Crippen molar-refractivity contribution in [3.63, 3.8) is 0 Å². The molecule has 0 spiro atoms. The number of aromatic amines is 1. The van der Waals surface area contributed by atoms with E-state index in [1.54, 1.807) is 11.0 Å². The molecule has 4 rings (SSSR count). The highest BCUT2D eigenvalue weighted by molar-refractivity contribution is 5.93. The largest absolute Gasteiger partial charge is 0.377 e. The molecule has 0 unspecified atom stereocenters. The average molecular weight is 339 g/mol. The number of carbonyl (C=O) groups is 1. The van der Waals surface area contributed by atoms with E-state index in [9.17, 15) is 4.79 Å². The van der Waals surface area contributed by atoms with Crippen LogP contribution in [0.1, 0.15) is 27.9 Å². The minimum Gasteiger partial charge on any atom is -0.377 e. The molecule has 1 amide bonds. The van der Waals surface area contributed by atoms with Crippen LogP contribution in [-0.2, 0) is 4.74 Å². The van der Waals surface area contributed by atoms with Gasteiger partial charge in [-0.3, -0.25) is 9.89 Å². The number of morpholine rings is 1.